The maximum absolute atomic E-state index is 6.41. The SMILES string of the molecule is C1=CCCC(c2c3cc(N4c5ccccc5Oc5ccccc54)ccc3c(-c3ccccc3)c3cc(N4c5ccccc5Oc5ccccc54)ccc23)=C1. The fourth-order valence-electron chi connectivity index (χ4n) is 8.52. The van der Waals surface area contributed by atoms with Crippen LogP contribution in [0.15, 0.2) is 182 Å². The molecule has 0 radical (unpaired) electrons. The van der Waals surface area contributed by atoms with Gasteiger partial charge in [-0.3, -0.25) is 0 Å². The van der Waals surface area contributed by atoms with Crippen molar-refractivity contribution in [2.45, 2.75) is 12.8 Å². The van der Waals surface area contributed by atoms with Gasteiger partial charge in [0.2, 0.25) is 0 Å². The lowest BCUT2D eigenvalue weighted by Crippen LogP contribution is -2.16. The quantitative estimate of drug-likeness (QED) is 0.171. The normalized spacial score (nSPS) is 14.0. The Morgan fingerprint density at radius 1 is 0.407 bits per heavy atom. The van der Waals surface area contributed by atoms with Crippen molar-refractivity contribution < 1.29 is 9.47 Å². The molecule has 0 amide bonds. The molecule has 54 heavy (non-hydrogen) atoms. The van der Waals surface area contributed by atoms with Gasteiger partial charge in [-0.25, -0.2) is 0 Å². The molecule has 0 saturated carbocycles. The van der Waals surface area contributed by atoms with Gasteiger partial charge in [-0.05, 0) is 129 Å². The Morgan fingerprint density at radius 2 is 0.852 bits per heavy atom. The van der Waals surface area contributed by atoms with Crippen molar-refractivity contribution in [2.24, 2.45) is 0 Å². The minimum Gasteiger partial charge on any atom is -0.453 e. The molecule has 0 unspecified atom stereocenters. The lowest BCUT2D eigenvalue weighted by molar-refractivity contribution is 0.477. The average molecular weight is 695 g/mol. The number of benzene rings is 8. The summed E-state index contributed by atoms with van der Waals surface area (Å²) < 4.78 is 12.8. The summed E-state index contributed by atoms with van der Waals surface area (Å²) in [4.78, 5) is 4.68. The highest BCUT2D eigenvalue weighted by atomic mass is 16.5. The van der Waals surface area contributed by atoms with E-state index < -0.39 is 0 Å². The van der Waals surface area contributed by atoms with Gasteiger partial charge >= 0.3 is 0 Å². The molecule has 2 heterocycles. The zero-order valence-corrected chi connectivity index (χ0v) is 29.4. The van der Waals surface area contributed by atoms with E-state index in [1.54, 1.807) is 0 Å². The van der Waals surface area contributed by atoms with Gasteiger partial charge < -0.3 is 19.3 Å². The first-order chi connectivity index (χ1) is 26.8. The second kappa shape index (κ2) is 12.3. The number of hydrogen-bond acceptors (Lipinski definition) is 4. The van der Waals surface area contributed by atoms with Crippen LogP contribution in [0.5, 0.6) is 23.0 Å². The summed E-state index contributed by atoms with van der Waals surface area (Å²) >= 11 is 0. The molecule has 4 heteroatoms. The van der Waals surface area contributed by atoms with Gasteiger partial charge in [0, 0.05) is 11.4 Å². The van der Waals surface area contributed by atoms with E-state index in [2.05, 4.69) is 143 Å². The summed E-state index contributed by atoms with van der Waals surface area (Å²) in [6, 6.07) is 58.1. The first kappa shape index (κ1) is 30.6. The smallest absolute Gasteiger partial charge is 0.151 e. The van der Waals surface area contributed by atoms with Gasteiger partial charge in [-0.2, -0.15) is 0 Å². The van der Waals surface area contributed by atoms with Crippen molar-refractivity contribution in [3.8, 4) is 34.1 Å². The van der Waals surface area contributed by atoms with E-state index in [1.807, 2.05) is 48.5 Å². The van der Waals surface area contributed by atoms with E-state index in [0.717, 1.165) is 70.0 Å². The molecule has 0 aromatic heterocycles. The predicted molar refractivity (Wildman–Crippen MR) is 223 cm³/mol. The van der Waals surface area contributed by atoms with Crippen LogP contribution in [0, 0.1) is 0 Å². The van der Waals surface area contributed by atoms with E-state index >= 15 is 0 Å². The average Bonchev–Trinajstić information content (AvgIpc) is 3.24. The minimum atomic E-state index is 0.844. The highest BCUT2D eigenvalue weighted by Gasteiger charge is 2.29. The Kier molecular flexibility index (Phi) is 6.96. The molecule has 2 aliphatic heterocycles. The number of ether oxygens (including phenoxy) is 2. The van der Waals surface area contributed by atoms with Crippen LogP contribution in [-0.4, -0.2) is 0 Å². The lowest BCUT2D eigenvalue weighted by Gasteiger charge is -2.33. The van der Waals surface area contributed by atoms with Gasteiger partial charge in [0.25, 0.3) is 0 Å². The fraction of sp³-hybridized carbons (Fsp3) is 0.0400. The summed E-state index contributed by atoms with van der Waals surface area (Å²) in [5.74, 6) is 3.38. The fourth-order valence-corrected chi connectivity index (χ4v) is 8.52. The monoisotopic (exact) mass is 694 g/mol. The summed E-state index contributed by atoms with van der Waals surface area (Å²) in [6.07, 6.45) is 8.79. The number of allylic oxidation sites excluding steroid dienone is 4. The van der Waals surface area contributed by atoms with Crippen molar-refractivity contribution in [2.75, 3.05) is 9.80 Å². The lowest BCUT2D eigenvalue weighted by atomic mass is 9.83. The topological polar surface area (TPSA) is 24.9 Å². The minimum absolute atomic E-state index is 0.844. The molecule has 256 valence electrons. The van der Waals surface area contributed by atoms with Crippen molar-refractivity contribution in [3.05, 3.63) is 188 Å². The molecular weight excluding hydrogens is 661 g/mol. The van der Waals surface area contributed by atoms with Crippen molar-refractivity contribution in [3.63, 3.8) is 0 Å². The van der Waals surface area contributed by atoms with Crippen LogP contribution in [0.25, 0.3) is 38.2 Å². The molecule has 1 aliphatic carbocycles. The number of nitrogens with zero attached hydrogens (tertiary/aromatic N) is 2. The summed E-state index contributed by atoms with van der Waals surface area (Å²) in [7, 11) is 0. The first-order valence-electron chi connectivity index (χ1n) is 18.6. The molecule has 0 fully saturated rings. The van der Waals surface area contributed by atoms with Crippen LogP contribution in [0.4, 0.5) is 34.1 Å². The van der Waals surface area contributed by atoms with Gasteiger partial charge in [0.1, 0.15) is 0 Å². The number of fused-ring (bicyclic) bond motifs is 6. The third-order valence-corrected chi connectivity index (χ3v) is 10.9. The highest BCUT2D eigenvalue weighted by Crippen LogP contribution is 2.54. The van der Waals surface area contributed by atoms with Crippen LogP contribution < -0.4 is 19.3 Å². The Balaban J connectivity index is 1.22. The van der Waals surface area contributed by atoms with Crippen LogP contribution in [0.2, 0.25) is 0 Å². The molecule has 0 saturated heterocycles. The zero-order chi connectivity index (χ0) is 35.6. The third kappa shape index (κ3) is 4.77. The molecule has 0 bridgehead atoms. The maximum atomic E-state index is 6.41. The van der Waals surface area contributed by atoms with Crippen molar-refractivity contribution in [1.82, 2.24) is 0 Å². The van der Waals surface area contributed by atoms with E-state index in [4.69, 9.17) is 9.47 Å². The number of rotatable bonds is 4. The maximum Gasteiger partial charge on any atom is 0.151 e. The van der Waals surface area contributed by atoms with Gasteiger partial charge in [0.15, 0.2) is 23.0 Å². The number of anilines is 6. The zero-order valence-electron chi connectivity index (χ0n) is 29.4. The van der Waals surface area contributed by atoms with E-state index in [1.165, 1.54) is 43.8 Å². The third-order valence-electron chi connectivity index (χ3n) is 10.9. The molecule has 4 nitrogen and oxygen atoms in total. The molecule has 0 N–H and O–H groups in total. The predicted octanol–water partition coefficient (Wildman–Crippen LogP) is 14.5. The molecular formula is C50H34N2O2. The second-order valence-electron chi connectivity index (χ2n) is 14.0. The van der Waals surface area contributed by atoms with Gasteiger partial charge in [-0.1, -0.05) is 109 Å². The number of hydrogen-bond donors (Lipinski definition) is 0. The van der Waals surface area contributed by atoms with Crippen LogP contribution in [-0.2, 0) is 0 Å². The number of para-hydroxylation sites is 8. The largest absolute Gasteiger partial charge is 0.453 e. The highest BCUT2D eigenvalue weighted by molar-refractivity contribution is 6.20. The van der Waals surface area contributed by atoms with E-state index in [-0.39, 0.29) is 0 Å². The Morgan fingerprint density at radius 3 is 1.33 bits per heavy atom. The van der Waals surface area contributed by atoms with Crippen LogP contribution >= 0.6 is 0 Å². The summed E-state index contributed by atoms with van der Waals surface area (Å²) in [6.45, 7) is 0. The molecule has 8 aromatic rings. The van der Waals surface area contributed by atoms with Crippen molar-refractivity contribution in [1.29, 1.82) is 0 Å². The van der Waals surface area contributed by atoms with Crippen LogP contribution in [0.1, 0.15) is 18.4 Å². The molecule has 0 spiro atoms. The summed E-state index contributed by atoms with van der Waals surface area (Å²) in [5, 5.41) is 4.91. The molecule has 3 aliphatic rings. The first-order valence-corrected chi connectivity index (χ1v) is 18.6. The Bertz CT molecular complexity index is 2760. The Labute approximate surface area is 314 Å². The molecule has 0 atom stereocenters. The van der Waals surface area contributed by atoms with E-state index in [9.17, 15) is 0 Å². The standard InChI is InChI=1S/C50H34N2O2/c1-3-15-33(16-4-1)49-37-29-27-36(52-43-21-9-13-25-47(43)54-48-26-14-10-22-44(48)52)32-40(37)50(34-17-5-2-6-18-34)38-30-28-35(31-39(38)49)51-41-19-7-11-23-45(41)53-46-24-12-8-20-42(46)51/h1-5,7-17,19-32H,6,18H2. The second-order valence-corrected chi connectivity index (χ2v) is 14.0. The molecule has 8 aromatic carbocycles. The molecule has 11 rings (SSSR count). The van der Waals surface area contributed by atoms with Gasteiger partial charge in [0.05, 0.1) is 22.7 Å². The van der Waals surface area contributed by atoms with Crippen LogP contribution in [0.3, 0.4) is 0 Å². The van der Waals surface area contributed by atoms with Gasteiger partial charge in [-0.15, -0.1) is 0 Å². The Hall–Kier alpha value is -7.04. The summed E-state index contributed by atoms with van der Waals surface area (Å²) in [5.41, 5.74) is 11.3. The van der Waals surface area contributed by atoms with E-state index in [0.29, 0.717) is 0 Å². The van der Waals surface area contributed by atoms with Crippen molar-refractivity contribution >= 4 is 61.2 Å².